The van der Waals surface area contributed by atoms with Gasteiger partial charge in [0.15, 0.2) is 0 Å². The first-order valence-corrected chi connectivity index (χ1v) is 7.31. The fraction of sp³-hybridized carbons (Fsp3) is 0.333. The Balaban J connectivity index is 2.07. The number of anilines is 1. The Morgan fingerprint density at radius 1 is 1.21 bits per heavy atom. The van der Waals surface area contributed by atoms with Gasteiger partial charge in [-0.3, -0.25) is 0 Å². The molecule has 0 amide bonds. The molecule has 0 radical (unpaired) electrons. The lowest BCUT2D eigenvalue weighted by Gasteiger charge is -2.15. The first-order valence-electron chi connectivity index (χ1n) is 6.52. The molecule has 1 N–H and O–H groups in total. The summed E-state index contributed by atoms with van der Waals surface area (Å²) in [6.07, 6.45) is 3.71. The lowest BCUT2D eigenvalue weighted by atomic mass is 10.1. The van der Waals surface area contributed by atoms with E-state index >= 15 is 0 Å². The largest absolute Gasteiger partial charge is 0.363 e. The van der Waals surface area contributed by atoms with E-state index in [0.29, 0.717) is 0 Å². The van der Waals surface area contributed by atoms with E-state index in [1.165, 1.54) is 5.56 Å². The minimum absolute atomic E-state index is 0.220. The second-order valence-corrected chi connectivity index (χ2v) is 5.48. The molecule has 0 fully saturated rings. The third kappa shape index (κ3) is 4.03. The zero-order valence-corrected chi connectivity index (χ0v) is 12.8. The van der Waals surface area contributed by atoms with Crippen molar-refractivity contribution in [3.05, 3.63) is 52.4 Å². The van der Waals surface area contributed by atoms with Gasteiger partial charge >= 0.3 is 0 Å². The van der Waals surface area contributed by atoms with Crippen LogP contribution in [0.25, 0.3) is 0 Å². The number of hydrogen-bond donors (Lipinski definition) is 1. The lowest BCUT2D eigenvalue weighted by molar-refractivity contribution is 0.848. The second kappa shape index (κ2) is 6.66. The van der Waals surface area contributed by atoms with Crippen molar-refractivity contribution in [1.29, 1.82) is 0 Å². The van der Waals surface area contributed by atoms with E-state index in [4.69, 9.17) is 0 Å². The van der Waals surface area contributed by atoms with Crippen LogP contribution in [0.15, 0.2) is 41.1 Å². The molecule has 4 heteroatoms. The molecule has 1 heterocycles. The highest BCUT2D eigenvalue weighted by molar-refractivity contribution is 9.10. The minimum atomic E-state index is 0.220. The first-order chi connectivity index (χ1) is 9.19. The van der Waals surface area contributed by atoms with E-state index in [9.17, 15) is 0 Å². The molecule has 0 aliphatic rings. The van der Waals surface area contributed by atoms with Crippen molar-refractivity contribution in [2.24, 2.45) is 0 Å². The molecule has 19 heavy (non-hydrogen) atoms. The van der Waals surface area contributed by atoms with Crippen LogP contribution in [0.1, 0.15) is 37.6 Å². The molecule has 0 spiro atoms. The first kappa shape index (κ1) is 14.0. The predicted octanol–water partition coefficient (Wildman–Crippen LogP) is 4.36. The predicted molar refractivity (Wildman–Crippen MR) is 82.2 cm³/mol. The summed E-state index contributed by atoms with van der Waals surface area (Å²) in [7, 11) is 0. The Morgan fingerprint density at radius 2 is 1.95 bits per heavy atom. The topological polar surface area (TPSA) is 37.8 Å². The van der Waals surface area contributed by atoms with Gasteiger partial charge in [-0.05, 0) is 31.0 Å². The van der Waals surface area contributed by atoms with E-state index in [-0.39, 0.29) is 6.04 Å². The summed E-state index contributed by atoms with van der Waals surface area (Å²) in [4.78, 5) is 8.54. The maximum absolute atomic E-state index is 4.27. The Bertz CT molecular complexity index is 525. The molecule has 2 rings (SSSR count). The summed E-state index contributed by atoms with van der Waals surface area (Å²) < 4.78 is 1.09. The molecular formula is C15H18BrN3. The Kier molecular flexibility index (Phi) is 4.91. The molecule has 3 nitrogen and oxygen atoms in total. The molecule has 0 saturated heterocycles. The molecular weight excluding hydrogens is 302 g/mol. The molecule has 2 aromatic rings. The smallest absolute Gasteiger partial charge is 0.130 e. The Morgan fingerprint density at radius 3 is 2.63 bits per heavy atom. The van der Waals surface area contributed by atoms with Gasteiger partial charge in [-0.25, -0.2) is 9.97 Å². The average molecular weight is 320 g/mol. The van der Waals surface area contributed by atoms with Crippen LogP contribution in [0.4, 0.5) is 5.82 Å². The van der Waals surface area contributed by atoms with Crippen molar-refractivity contribution in [2.45, 2.75) is 32.7 Å². The van der Waals surface area contributed by atoms with Crippen LogP contribution in [-0.4, -0.2) is 9.97 Å². The normalized spacial score (nSPS) is 12.2. The molecule has 1 unspecified atom stereocenters. The molecule has 1 aromatic carbocycles. The number of aryl methyl sites for hydroxylation is 1. The highest BCUT2D eigenvalue weighted by atomic mass is 79.9. The maximum atomic E-state index is 4.27. The van der Waals surface area contributed by atoms with Crippen LogP contribution in [0.2, 0.25) is 0 Å². The van der Waals surface area contributed by atoms with Crippen LogP contribution in [0.3, 0.4) is 0 Å². The molecule has 0 aliphatic carbocycles. The summed E-state index contributed by atoms with van der Waals surface area (Å²) in [5.74, 6) is 0.883. The van der Waals surface area contributed by atoms with Gasteiger partial charge in [0.1, 0.15) is 12.1 Å². The van der Waals surface area contributed by atoms with Crippen molar-refractivity contribution < 1.29 is 0 Å². The standard InChI is InChI=1S/C15H18BrN3/c1-3-4-14-9-15(18-10-17-14)19-11(2)12-5-7-13(16)8-6-12/h5-11H,3-4H2,1-2H3,(H,17,18,19). The van der Waals surface area contributed by atoms with Crippen LogP contribution in [0, 0.1) is 0 Å². The molecule has 1 aromatic heterocycles. The average Bonchev–Trinajstić information content (AvgIpc) is 2.40. The van der Waals surface area contributed by atoms with E-state index < -0.39 is 0 Å². The van der Waals surface area contributed by atoms with Gasteiger partial charge in [0.05, 0.1) is 0 Å². The zero-order chi connectivity index (χ0) is 13.7. The number of hydrogen-bond acceptors (Lipinski definition) is 3. The summed E-state index contributed by atoms with van der Waals surface area (Å²) in [5, 5.41) is 3.41. The van der Waals surface area contributed by atoms with Crippen molar-refractivity contribution in [3.63, 3.8) is 0 Å². The monoisotopic (exact) mass is 319 g/mol. The van der Waals surface area contributed by atoms with Crippen molar-refractivity contribution >= 4 is 21.7 Å². The van der Waals surface area contributed by atoms with Gasteiger partial charge in [0.2, 0.25) is 0 Å². The Hall–Kier alpha value is -1.42. The van der Waals surface area contributed by atoms with Gasteiger partial charge in [0, 0.05) is 22.3 Å². The maximum Gasteiger partial charge on any atom is 0.130 e. The van der Waals surface area contributed by atoms with Gasteiger partial charge in [-0.2, -0.15) is 0 Å². The second-order valence-electron chi connectivity index (χ2n) is 4.56. The quantitative estimate of drug-likeness (QED) is 0.889. The van der Waals surface area contributed by atoms with Gasteiger partial charge < -0.3 is 5.32 Å². The Labute approximate surface area is 122 Å². The zero-order valence-electron chi connectivity index (χ0n) is 11.2. The van der Waals surface area contributed by atoms with E-state index in [1.807, 2.05) is 6.07 Å². The number of nitrogens with one attached hydrogen (secondary N) is 1. The SMILES string of the molecule is CCCc1cc(NC(C)c2ccc(Br)cc2)ncn1. The summed E-state index contributed by atoms with van der Waals surface area (Å²) >= 11 is 3.45. The third-order valence-corrected chi connectivity index (χ3v) is 3.49. The molecule has 100 valence electrons. The van der Waals surface area contributed by atoms with E-state index in [0.717, 1.165) is 28.8 Å². The molecule has 0 aliphatic heterocycles. The lowest BCUT2D eigenvalue weighted by Crippen LogP contribution is -2.08. The third-order valence-electron chi connectivity index (χ3n) is 2.96. The summed E-state index contributed by atoms with van der Waals surface area (Å²) in [6.45, 7) is 4.28. The molecule has 1 atom stereocenters. The minimum Gasteiger partial charge on any atom is -0.363 e. The highest BCUT2D eigenvalue weighted by Gasteiger charge is 2.06. The van der Waals surface area contributed by atoms with Gasteiger partial charge in [-0.15, -0.1) is 0 Å². The number of nitrogens with zero attached hydrogens (tertiary/aromatic N) is 2. The number of halogens is 1. The van der Waals surface area contributed by atoms with Crippen LogP contribution < -0.4 is 5.32 Å². The van der Waals surface area contributed by atoms with Crippen molar-refractivity contribution in [2.75, 3.05) is 5.32 Å². The van der Waals surface area contributed by atoms with Crippen molar-refractivity contribution in [1.82, 2.24) is 9.97 Å². The number of benzene rings is 1. The van der Waals surface area contributed by atoms with E-state index in [1.54, 1.807) is 6.33 Å². The number of rotatable bonds is 5. The highest BCUT2D eigenvalue weighted by Crippen LogP contribution is 2.20. The summed E-state index contributed by atoms with van der Waals surface area (Å²) in [5.41, 5.74) is 2.32. The number of aromatic nitrogens is 2. The van der Waals surface area contributed by atoms with Crippen LogP contribution in [-0.2, 0) is 6.42 Å². The molecule has 0 saturated carbocycles. The fourth-order valence-corrected chi connectivity index (χ4v) is 2.19. The van der Waals surface area contributed by atoms with Crippen LogP contribution in [0.5, 0.6) is 0 Å². The van der Waals surface area contributed by atoms with Crippen LogP contribution >= 0.6 is 15.9 Å². The van der Waals surface area contributed by atoms with E-state index in [2.05, 4.69) is 69.3 Å². The summed E-state index contributed by atoms with van der Waals surface area (Å²) in [6, 6.07) is 10.6. The fourth-order valence-electron chi connectivity index (χ4n) is 1.93. The van der Waals surface area contributed by atoms with Gasteiger partial charge in [0.25, 0.3) is 0 Å². The van der Waals surface area contributed by atoms with Gasteiger partial charge in [-0.1, -0.05) is 41.4 Å². The molecule has 0 bridgehead atoms. The van der Waals surface area contributed by atoms with Crippen molar-refractivity contribution in [3.8, 4) is 0 Å².